The maximum Gasteiger partial charge on any atom is 0.132 e. The number of alkyl halides is 1. The maximum atomic E-state index is 5.90. The summed E-state index contributed by atoms with van der Waals surface area (Å²) < 4.78 is 7.93. The van der Waals surface area contributed by atoms with E-state index in [9.17, 15) is 0 Å². The van der Waals surface area contributed by atoms with E-state index in [1.165, 1.54) is 25.7 Å². The van der Waals surface area contributed by atoms with Crippen molar-refractivity contribution in [3.05, 3.63) is 47.8 Å². The highest BCUT2D eigenvalue weighted by molar-refractivity contribution is 6.17. The number of rotatable bonds is 5. The van der Waals surface area contributed by atoms with Crippen LogP contribution >= 0.6 is 11.6 Å². The van der Waals surface area contributed by atoms with Gasteiger partial charge in [-0.25, -0.2) is 0 Å². The van der Waals surface area contributed by atoms with Gasteiger partial charge >= 0.3 is 0 Å². The molecule has 3 rings (SSSR count). The van der Waals surface area contributed by atoms with Crippen LogP contribution in [0.2, 0.25) is 0 Å². The van der Waals surface area contributed by atoms with Gasteiger partial charge in [-0.15, -0.1) is 11.6 Å². The molecule has 0 spiro atoms. The molecular weight excluding hydrogens is 272 g/mol. The second-order valence-electron chi connectivity index (χ2n) is 5.26. The molecule has 0 unspecified atom stereocenters. The predicted octanol–water partition coefficient (Wildman–Crippen LogP) is 4.32. The van der Waals surface area contributed by atoms with E-state index < -0.39 is 0 Å². The first-order valence-corrected chi connectivity index (χ1v) is 7.71. The molecule has 0 aliphatic heterocycles. The summed E-state index contributed by atoms with van der Waals surface area (Å²) in [6.07, 6.45) is 7.20. The van der Waals surface area contributed by atoms with Crippen molar-refractivity contribution in [3.8, 4) is 5.75 Å². The monoisotopic (exact) mass is 290 g/mol. The van der Waals surface area contributed by atoms with Crippen LogP contribution in [0.5, 0.6) is 5.75 Å². The number of benzene rings is 1. The smallest absolute Gasteiger partial charge is 0.132 e. The van der Waals surface area contributed by atoms with Gasteiger partial charge in [0.05, 0.1) is 17.6 Å². The van der Waals surface area contributed by atoms with Crippen molar-refractivity contribution < 1.29 is 4.74 Å². The molecule has 0 saturated heterocycles. The van der Waals surface area contributed by atoms with Crippen molar-refractivity contribution in [1.29, 1.82) is 0 Å². The number of aromatic nitrogens is 2. The van der Waals surface area contributed by atoms with Gasteiger partial charge < -0.3 is 4.74 Å². The molecule has 0 amide bonds. The molecule has 1 aromatic carbocycles. The second-order valence-corrected chi connectivity index (χ2v) is 5.52. The SMILES string of the molecule is ClCc1ccccc1OCc1ccn(C2CCCC2)n1. The molecule has 1 saturated carbocycles. The Morgan fingerprint density at radius 2 is 2.00 bits per heavy atom. The standard InChI is InChI=1S/C16H19ClN2O/c17-11-13-5-1-4-8-16(13)20-12-14-9-10-19(18-14)15-6-2-3-7-15/h1,4-5,8-10,15H,2-3,6-7,11-12H2. The van der Waals surface area contributed by atoms with E-state index in [0.29, 0.717) is 18.5 Å². The number of ether oxygens (including phenoxy) is 1. The topological polar surface area (TPSA) is 27.1 Å². The summed E-state index contributed by atoms with van der Waals surface area (Å²) in [6.45, 7) is 0.494. The third-order valence-corrected chi connectivity index (χ3v) is 4.14. The number of halogens is 1. The van der Waals surface area contributed by atoms with Crippen molar-refractivity contribution in [2.24, 2.45) is 0 Å². The Labute approximate surface area is 124 Å². The molecule has 106 valence electrons. The highest BCUT2D eigenvalue weighted by Crippen LogP contribution is 2.29. The van der Waals surface area contributed by atoms with Gasteiger partial charge in [0.25, 0.3) is 0 Å². The fourth-order valence-electron chi connectivity index (χ4n) is 2.73. The largest absolute Gasteiger partial charge is 0.487 e. The fraction of sp³-hybridized carbons (Fsp3) is 0.438. The summed E-state index contributed by atoms with van der Waals surface area (Å²) >= 11 is 5.90. The van der Waals surface area contributed by atoms with E-state index in [2.05, 4.69) is 16.0 Å². The third-order valence-electron chi connectivity index (χ3n) is 3.85. The zero-order chi connectivity index (χ0) is 13.8. The van der Waals surface area contributed by atoms with Crippen molar-refractivity contribution >= 4 is 11.6 Å². The van der Waals surface area contributed by atoms with E-state index >= 15 is 0 Å². The van der Waals surface area contributed by atoms with Crippen LogP contribution in [0.1, 0.15) is 43.0 Å². The normalized spacial score (nSPS) is 15.7. The van der Waals surface area contributed by atoms with E-state index in [1.54, 1.807) is 0 Å². The Morgan fingerprint density at radius 3 is 2.80 bits per heavy atom. The molecule has 0 N–H and O–H groups in total. The molecule has 1 heterocycles. The van der Waals surface area contributed by atoms with Gasteiger partial charge in [-0.3, -0.25) is 4.68 Å². The molecule has 20 heavy (non-hydrogen) atoms. The van der Waals surface area contributed by atoms with Gasteiger partial charge in [0, 0.05) is 11.8 Å². The molecule has 0 atom stereocenters. The number of nitrogens with zero attached hydrogens (tertiary/aromatic N) is 2. The predicted molar refractivity (Wildman–Crippen MR) is 80.1 cm³/mol. The molecular formula is C16H19ClN2O. The fourth-order valence-corrected chi connectivity index (χ4v) is 2.95. The Kier molecular flexibility index (Phi) is 4.26. The average Bonchev–Trinajstić information content (AvgIpc) is 3.16. The summed E-state index contributed by atoms with van der Waals surface area (Å²) in [5.74, 6) is 1.31. The summed E-state index contributed by atoms with van der Waals surface area (Å²) in [5.41, 5.74) is 1.99. The van der Waals surface area contributed by atoms with Crippen LogP contribution in [-0.2, 0) is 12.5 Å². The van der Waals surface area contributed by atoms with Gasteiger partial charge in [-0.2, -0.15) is 5.10 Å². The van der Waals surface area contributed by atoms with Crippen LogP contribution in [0.25, 0.3) is 0 Å². The lowest BCUT2D eigenvalue weighted by molar-refractivity contribution is 0.295. The van der Waals surface area contributed by atoms with Crippen LogP contribution in [0.3, 0.4) is 0 Å². The van der Waals surface area contributed by atoms with Crippen molar-refractivity contribution in [2.45, 2.75) is 44.2 Å². The molecule has 0 radical (unpaired) electrons. The van der Waals surface area contributed by atoms with Gasteiger partial charge in [-0.1, -0.05) is 31.0 Å². The summed E-state index contributed by atoms with van der Waals surface area (Å²) in [4.78, 5) is 0. The second kappa shape index (κ2) is 6.31. The Bertz CT molecular complexity index is 561. The number of para-hydroxylation sites is 1. The summed E-state index contributed by atoms with van der Waals surface area (Å²) in [7, 11) is 0. The Balaban J connectivity index is 1.63. The molecule has 0 bridgehead atoms. The first kappa shape index (κ1) is 13.5. The van der Waals surface area contributed by atoms with Gasteiger partial charge in [0.2, 0.25) is 0 Å². The average molecular weight is 291 g/mol. The van der Waals surface area contributed by atoms with E-state index in [0.717, 1.165) is 17.0 Å². The zero-order valence-electron chi connectivity index (χ0n) is 11.5. The Hall–Kier alpha value is -1.48. The molecule has 3 nitrogen and oxygen atoms in total. The lowest BCUT2D eigenvalue weighted by atomic mass is 10.2. The summed E-state index contributed by atoms with van der Waals surface area (Å²) in [6, 6.07) is 10.5. The molecule has 2 aromatic rings. The highest BCUT2D eigenvalue weighted by atomic mass is 35.5. The molecule has 1 aromatic heterocycles. The minimum absolute atomic E-state index is 0.465. The molecule has 1 aliphatic carbocycles. The van der Waals surface area contributed by atoms with Crippen molar-refractivity contribution in [1.82, 2.24) is 9.78 Å². The van der Waals surface area contributed by atoms with E-state index in [4.69, 9.17) is 16.3 Å². The number of hydrogen-bond donors (Lipinski definition) is 0. The lowest BCUT2D eigenvalue weighted by Gasteiger charge is -2.10. The Morgan fingerprint density at radius 1 is 1.20 bits per heavy atom. The third kappa shape index (κ3) is 2.98. The van der Waals surface area contributed by atoms with Crippen molar-refractivity contribution in [3.63, 3.8) is 0 Å². The molecule has 1 aliphatic rings. The van der Waals surface area contributed by atoms with Crippen LogP contribution in [-0.4, -0.2) is 9.78 Å². The quantitative estimate of drug-likeness (QED) is 0.767. The van der Waals surface area contributed by atoms with E-state index in [1.807, 2.05) is 30.3 Å². The first-order chi connectivity index (χ1) is 9.86. The van der Waals surface area contributed by atoms with Gasteiger partial charge in [-0.05, 0) is 25.0 Å². The highest BCUT2D eigenvalue weighted by Gasteiger charge is 2.17. The van der Waals surface area contributed by atoms with Crippen LogP contribution in [0.4, 0.5) is 0 Å². The minimum Gasteiger partial charge on any atom is -0.487 e. The molecule has 4 heteroatoms. The number of hydrogen-bond acceptors (Lipinski definition) is 2. The van der Waals surface area contributed by atoms with Crippen LogP contribution < -0.4 is 4.74 Å². The first-order valence-electron chi connectivity index (χ1n) is 7.17. The summed E-state index contributed by atoms with van der Waals surface area (Å²) in [5, 5.41) is 4.62. The van der Waals surface area contributed by atoms with Gasteiger partial charge in [0.1, 0.15) is 12.4 Å². The minimum atomic E-state index is 0.465. The van der Waals surface area contributed by atoms with Crippen LogP contribution in [0.15, 0.2) is 36.5 Å². The zero-order valence-corrected chi connectivity index (χ0v) is 12.2. The van der Waals surface area contributed by atoms with Crippen molar-refractivity contribution in [2.75, 3.05) is 0 Å². The maximum absolute atomic E-state index is 5.90. The van der Waals surface area contributed by atoms with E-state index in [-0.39, 0.29) is 0 Å². The van der Waals surface area contributed by atoms with Crippen LogP contribution in [0, 0.1) is 0 Å². The molecule has 1 fully saturated rings. The lowest BCUT2D eigenvalue weighted by Crippen LogP contribution is -2.06. The van der Waals surface area contributed by atoms with Gasteiger partial charge in [0.15, 0.2) is 0 Å².